The third kappa shape index (κ3) is 7.23. The summed E-state index contributed by atoms with van der Waals surface area (Å²) in [5.74, 6) is 0.737. The molecule has 0 heterocycles. The lowest BCUT2D eigenvalue weighted by molar-refractivity contribution is 0.633. The Balaban J connectivity index is 4.64. The van der Waals surface area contributed by atoms with Crippen molar-refractivity contribution in [3.63, 3.8) is 0 Å². The summed E-state index contributed by atoms with van der Waals surface area (Å²) in [6.45, 7) is 16.3. The van der Waals surface area contributed by atoms with Crippen molar-refractivity contribution < 1.29 is 0 Å². The summed E-state index contributed by atoms with van der Waals surface area (Å²) >= 11 is 0. The summed E-state index contributed by atoms with van der Waals surface area (Å²) in [5, 5.41) is 0. The van der Waals surface area contributed by atoms with Crippen LogP contribution in [0.3, 0.4) is 0 Å². The molecular weight excluding hydrogens is 211 g/mol. The zero-order valence-electron chi connectivity index (χ0n) is 12.3. The van der Waals surface area contributed by atoms with Crippen LogP contribution < -0.4 is 0 Å². The van der Waals surface area contributed by atoms with Crippen LogP contribution in [0, 0.1) is 5.92 Å². The van der Waals surface area contributed by atoms with E-state index in [0.29, 0.717) is 0 Å². The van der Waals surface area contributed by atoms with Crippen LogP contribution in [0.4, 0.5) is 0 Å². The Morgan fingerprint density at radius 1 is 1.25 bits per heavy atom. The largest absolute Gasteiger partial charge is 0.0847 e. The fourth-order valence-electron chi connectivity index (χ4n) is 1.56. The standard InChI is InChI=1S/C15H30P/c1-8-13(3)12-15(14(4)9-2)10-11-16(5,6)7/h8,12,14H,9-11H2,1-7H3/q+1/b13-8-,15-12-. The zero-order valence-corrected chi connectivity index (χ0v) is 13.2. The number of hydrogen-bond donors (Lipinski definition) is 0. The molecule has 0 bridgehead atoms. The van der Waals surface area contributed by atoms with Crippen molar-refractivity contribution in [1.82, 2.24) is 0 Å². The Hall–Kier alpha value is -0.0900. The lowest BCUT2D eigenvalue weighted by Crippen LogP contribution is -2.03. The van der Waals surface area contributed by atoms with E-state index in [2.05, 4.69) is 59.8 Å². The Morgan fingerprint density at radius 2 is 1.81 bits per heavy atom. The highest BCUT2D eigenvalue weighted by atomic mass is 31.2. The van der Waals surface area contributed by atoms with Crippen LogP contribution in [0.15, 0.2) is 23.3 Å². The molecule has 0 aromatic rings. The Bertz CT molecular complexity index is 253. The molecule has 0 aliphatic rings. The second-order valence-corrected chi connectivity index (χ2v) is 10.9. The van der Waals surface area contributed by atoms with E-state index in [4.69, 9.17) is 0 Å². The van der Waals surface area contributed by atoms with Gasteiger partial charge in [0.15, 0.2) is 0 Å². The molecule has 0 aromatic heterocycles. The average Bonchev–Trinajstić information content (AvgIpc) is 2.21. The fraction of sp³-hybridized carbons (Fsp3) is 0.733. The predicted octanol–water partition coefficient (Wildman–Crippen LogP) is 5.22. The molecule has 94 valence electrons. The molecule has 0 rings (SSSR count). The molecule has 0 fully saturated rings. The quantitative estimate of drug-likeness (QED) is 0.441. The molecule has 0 aliphatic heterocycles. The van der Waals surface area contributed by atoms with E-state index in [0.717, 1.165) is 5.92 Å². The molecule has 0 saturated carbocycles. The maximum atomic E-state index is 2.43. The summed E-state index contributed by atoms with van der Waals surface area (Å²) in [6, 6.07) is 0. The Labute approximate surface area is 104 Å². The first kappa shape index (κ1) is 15.9. The number of allylic oxidation sites excluding steroid dienone is 4. The lowest BCUT2D eigenvalue weighted by Gasteiger charge is -2.18. The van der Waals surface area contributed by atoms with Crippen LogP contribution >= 0.6 is 7.26 Å². The van der Waals surface area contributed by atoms with E-state index in [1.807, 2.05) is 0 Å². The van der Waals surface area contributed by atoms with E-state index in [9.17, 15) is 0 Å². The van der Waals surface area contributed by atoms with Gasteiger partial charge in [-0.05, 0) is 26.2 Å². The Kier molecular flexibility index (Phi) is 7.24. The van der Waals surface area contributed by atoms with Crippen LogP contribution in [-0.2, 0) is 0 Å². The van der Waals surface area contributed by atoms with E-state index in [1.54, 1.807) is 5.57 Å². The van der Waals surface area contributed by atoms with Crippen molar-refractivity contribution in [3.8, 4) is 0 Å². The lowest BCUT2D eigenvalue weighted by atomic mass is 9.94. The molecule has 0 amide bonds. The molecule has 1 heteroatoms. The van der Waals surface area contributed by atoms with Crippen LogP contribution in [0.1, 0.15) is 40.5 Å². The first-order chi connectivity index (χ1) is 7.30. The van der Waals surface area contributed by atoms with E-state index >= 15 is 0 Å². The van der Waals surface area contributed by atoms with Crippen molar-refractivity contribution in [2.75, 3.05) is 26.2 Å². The monoisotopic (exact) mass is 241 g/mol. The van der Waals surface area contributed by atoms with E-state index < -0.39 is 7.26 Å². The highest BCUT2D eigenvalue weighted by Gasteiger charge is 2.18. The molecule has 0 spiro atoms. The van der Waals surface area contributed by atoms with Crippen molar-refractivity contribution in [1.29, 1.82) is 0 Å². The first-order valence-electron chi connectivity index (χ1n) is 6.44. The van der Waals surface area contributed by atoms with Gasteiger partial charge in [0, 0.05) is 33.7 Å². The molecule has 1 unspecified atom stereocenters. The molecule has 0 aliphatic carbocycles. The van der Waals surface area contributed by atoms with Crippen LogP contribution in [0.5, 0.6) is 0 Å². The molecule has 1 atom stereocenters. The first-order valence-corrected chi connectivity index (χ1v) is 9.75. The maximum absolute atomic E-state index is 2.43. The van der Waals surface area contributed by atoms with E-state index in [1.165, 1.54) is 24.6 Å². The van der Waals surface area contributed by atoms with Gasteiger partial charge in [0.2, 0.25) is 0 Å². The SMILES string of the molecule is C/C=C(C)\C=C(\CC[P+](C)(C)C)C(C)CC. The average molecular weight is 241 g/mol. The van der Waals surface area contributed by atoms with Gasteiger partial charge in [-0.15, -0.1) is 0 Å². The van der Waals surface area contributed by atoms with Crippen molar-refractivity contribution in [2.45, 2.75) is 40.5 Å². The highest BCUT2D eigenvalue weighted by Crippen LogP contribution is 2.48. The van der Waals surface area contributed by atoms with Gasteiger partial charge in [-0.3, -0.25) is 0 Å². The van der Waals surface area contributed by atoms with E-state index in [-0.39, 0.29) is 0 Å². The summed E-state index contributed by atoms with van der Waals surface area (Å²) in [4.78, 5) is 0. The summed E-state index contributed by atoms with van der Waals surface area (Å²) in [5.41, 5.74) is 3.05. The molecule has 0 N–H and O–H groups in total. The molecule has 16 heavy (non-hydrogen) atoms. The van der Waals surface area contributed by atoms with Crippen LogP contribution in [0.25, 0.3) is 0 Å². The maximum Gasteiger partial charge on any atom is 0.0623 e. The van der Waals surface area contributed by atoms with Gasteiger partial charge in [0.25, 0.3) is 0 Å². The highest BCUT2D eigenvalue weighted by molar-refractivity contribution is 7.73. The fourth-order valence-corrected chi connectivity index (χ4v) is 2.49. The smallest absolute Gasteiger partial charge is 0.0623 e. The van der Waals surface area contributed by atoms with Gasteiger partial charge in [0.05, 0.1) is 6.16 Å². The summed E-state index contributed by atoms with van der Waals surface area (Å²) in [7, 11) is -0.632. The zero-order chi connectivity index (χ0) is 12.8. The summed E-state index contributed by atoms with van der Waals surface area (Å²) < 4.78 is 0. The van der Waals surface area contributed by atoms with Crippen LogP contribution in [0.2, 0.25) is 0 Å². The van der Waals surface area contributed by atoms with Crippen molar-refractivity contribution in [3.05, 3.63) is 23.3 Å². The third-order valence-corrected chi connectivity index (χ3v) is 4.75. The Morgan fingerprint density at radius 3 is 2.19 bits per heavy atom. The minimum atomic E-state index is -0.632. The minimum absolute atomic E-state index is 0.632. The van der Waals surface area contributed by atoms with Crippen molar-refractivity contribution >= 4 is 7.26 Å². The van der Waals surface area contributed by atoms with Crippen molar-refractivity contribution in [2.24, 2.45) is 5.92 Å². The second kappa shape index (κ2) is 7.28. The van der Waals surface area contributed by atoms with Gasteiger partial charge < -0.3 is 0 Å². The molecular formula is C15H30P+. The predicted molar refractivity (Wildman–Crippen MR) is 81.1 cm³/mol. The number of rotatable bonds is 6. The minimum Gasteiger partial charge on any atom is -0.0847 e. The molecule has 0 nitrogen and oxygen atoms in total. The van der Waals surface area contributed by atoms with Crippen LogP contribution in [-0.4, -0.2) is 26.2 Å². The normalized spacial score (nSPS) is 16.4. The van der Waals surface area contributed by atoms with Gasteiger partial charge in [-0.1, -0.05) is 37.1 Å². The summed E-state index contributed by atoms with van der Waals surface area (Å²) in [6.07, 6.45) is 8.54. The molecule has 0 saturated heterocycles. The molecule has 0 radical (unpaired) electrons. The van der Waals surface area contributed by atoms with Gasteiger partial charge in [0.1, 0.15) is 0 Å². The molecule has 0 aromatic carbocycles. The number of hydrogen-bond acceptors (Lipinski definition) is 0. The van der Waals surface area contributed by atoms with Gasteiger partial charge in [-0.2, -0.15) is 0 Å². The van der Waals surface area contributed by atoms with Gasteiger partial charge in [-0.25, -0.2) is 0 Å². The van der Waals surface area contributed by atoms with Gasteiger partial charge >= 0.3 is 0 Å². The third-order valence-electron chi connectivity index (χ3n) is 3.19. The second-order valence-electron chi connectivity index (χ2n) is 5.83. The topological polar surface area (TPSA) is 0 Å².